The van der Waals surface area contributed by atoms with E-state index in [9.17, 15) is 4.79 Å². The van der Waals surface area contributed by atoms with Crippen molar-refractivity contribution in [3.63, 3.8) is 0 Å². The van der Waals surface area contributed by atoms with Crippen molar-refractivity contribution in [2.75, 3.05) is 13.1 Å². The van der Waals surface area contributed by atoms with Gasteiger partial charge in [-0.25, -0.2) is 0 Å². The Kier molecular flexibility index (Phi) is 6.58. The van der Waals surface area contributed by atoms with Crippen molar-refractivity contribution in [2.24, 2.45) is 11.8 Å². The Morgan fingerprint density at radius 3 is 2.52 bits per heavy atom. The molecule has 1 fully saturated rings. The molecular formula is C21H29N3O2S. The number of hydrogen-bond donors (Lipinski definition) is 0. The van der Waals surface area contributed by atoms with Crippen LogP contribution < -0.4 is 0 Å². The van der Waals surface area contributed by atoms with Gasteiger partial charge in [-0.05, 0) is 36.7 Å². The van der Waals surface area contributed by atoms with Gasteiger partial charge in [0.25, 0.3) is 5.22 Å². The molecule has 27 heavy (non-hydrogen) atoms. The van der Waals surface area contributed by atoms with E-state index in [1.807, 2.05) is 30.0 Å². The van der Waals surface area contributed by atoms with Crippen molar-refractivity contribution >= 4 is 17.7 Å². The second-order valence-electron chi connectivity index (χ2n) is 7.93. The van der Waals surface area contributed by atoms with Crippen LogP contribution in [0.4, 0.5) is 0 Å². The molecule has 0 bridgehead atoms. The largest absolute Gasteiger partial charge is 0.416 e. The molecule has 2 aromatic rings. The highest BCUT2D eigenvalue weighted by Crippen LogP contribution is 2.28. The zero-order valence-corrected chi connectivity index (χ0v) is 17.4. The molecule has 6 heteroatoms. The van der Waals surface area contributed by atoms with E-state index in [0.29, 0.717) is 35.3 Å². The minimum Gasteiger partial charge on any atom is -0.416 e. The van der Waals surface area contributed by atoms with Gasteiger partial charge in [0.15, 0.2) is 0 Å². The highest BCUT2D eigenvalue weighted by Gasteiger charge is 2.29. The van der Waals surface area contributed by atoms with Gasteiger partial charge in [0.05, 0.1) is 5.25 Å². The highest BCUT2D eigenvalue weighted by atomic mass is 32.2. The molecule has 1 aliphatic rings. The van der Waals surface area contributed by atoms with E-state index in [1.165, 1.54) is 23.7 Å². The number of benzene rings is 1. The molecule has 0 aliphatic carbocycles. The summed E-state index contributed by atoms with van der Waals surface area (Å²) in [5.41, 5.74) is 1.25. The zero-order valence-electron chi connectivity index (χ0n) is 16.6. The summed E-state index contributed by atoms with van der Waals surface area (Å²) in [6, 6.07) is 10.3. The third-order valence-corrected chi connectivity index (χ3v) is 6.03. The summed E-state index contributed by atoms with van der Waals surface area (Å²) in [5.74, 6) is 2.21. The molecule has 1 aromatic carbocycles. The summed E-state index contributed by atoms with van der Waals surface area (Å²) < 4.78 is 5.80. The molecule has 0 spiro atoms. The summed E-state index contributed by atoms with van der Waals surface area (Å²) in [6.45, 7) is 10.2. The predicted octanol–water partition coefficient (Wildman–Crippen LogP) is 4.40. The third kappa shape index (κ3) is 5.34. The van der Waals surface area contributed by atoms with Crippen LogP contribution >= 0.6 is 11.8 Å². The predicted molar refractivity (Wildman–Crippen MR) is 108 cm³/mol. The molecule has 2 heterocycles. The average molecular weight is 388 g/mol. The van der Waals surface area contributed by atoms with Crippen LogP contribution in [-0.2, 0) is 11.2 Å². The summed E-state index contributed by atoms with van der Waals surface area (Å²) in [4.78, 5) is 14.8. The maximum Gasteiger partial charge on any atom is 0.277 e. The smallest absolute Gasteiger partial charge is 0.277 e. The molecular weight excluding hydrogens is 358 g/mol. The second-order valence-corrected chi connectivity index (χ2v) is 9.22. The number of hydrogen-bond acceptors (Lipinski definition) is 5. The van der Waals surface area contributed by atoms with E-state index >= 15 is 0 Å². The number of amides is 1. The van der Waals surface area contributed by atoms with Crippen LogP contribution in [0.3, 0.4) is 0 Å². The van der Waals surface area contributed by atoms with Gasteiger partial charge in [-0.2, -0.15) is 0 Å². The first-order chi connectivity index (χ1) is 12.9. The van der Waals surface area contributed by atoms with Crippen molar-refractivity contribution < 1.29 is 9.21 Å². The number of thioether (sulfide) groups is 1. The lowest BCUT2D eigenvalue weighted by Crippen LogP contribution is -2.45. The molecule has 4 unspecified atom stereocenters. The summed E-state index contributed by atoms with van der Waals surface area (Å²) in [7, 11) is 0. The minimum absolute atomic E-state index is 0.163. The summed E-state index contributed by atoms with van der Waals surface area (Å²) >= 11 is 1.36. The minimum atomic E-state index is -0.220. The van der Waals surface area contributed by atoms with Crippen molar-refractivity contribution in [1.29, 1.82) is 0 Å². The number of rotatable bonds is 6. The third-order valence-electron chi connectivity index (χ3n) is 5.10. The van der Waals surface area contributed by atoms with Crippen LogP contribution in [0.2, 0.25) is 0 Å². The lowest BCUT2D eigenvalue weighted by Gasteiger charge is -2.36. The van der Waals surface area contributed by atoms with Crippen LogP contribution in [0, 0.1) is 11.8 Å². The highest BCUT2D eigenvalue weighted by molar-refractivity contribution is 8.00. The fraction of sp³-hybridized carbons (Fsp3) is 0.571. The van der Waals surface area contributed by atoms with E-state index in [2.05, 4.69) is 43.1 Å². The van der Waals surface area contributed by atoms with E-state index < -0.39 is 0 Å². The number of piperidine rings is 1. The Balaban J connectivity index is 1.56. The van der Waals surface area contributed by atoms with Crippen LogP contribution in [0.25, 0.3) is 0 Å². The molecule has 1 amide bonds. The molecule has 5 nitrogen and oxygen atoms in total. The Morgan fingerprint density at radius 1 is 1.19 bits per heavy atom. The van der Waals surface area contributed by atoms with Crippen molar-refractivity contribution in [1.82, 2.24) is 15.1 Å². The van der Waals surface area contributed by atoms with Crippen molar-refractivity contribution in [3.8, 4) is 0 Å². The van der Waals surface area contributed by atoms with Crippen LogP contribution in [-0.4, -0.2) is 39.3 Å². The second kappa shape index (κ2) is 8.91. The summed E-state index contributed by atoms with van der Waals surface area (Å²) in [6.07, 6.45) is 1.89. The maximum absolute atomic E-state index is 12.8. The molecule has 146 valence electrons. The van der Waals surface area contributed by atoms with E-state index in [-0.39, 0.29) is 11.2 Å². The fourth-order valence-corrected chi connectivity index (χ4v) is 4.62. The van der Waals surface area contributed by atoms with Gasteiger partial charge in [0.2, 0.25) is 11.8 Å². The lowest BCUT2D eigenvalue weighted by atomic mass is 9.92. The van der Waals surface area contributed by atoms with E-state index in [0.717, 1.165) is 13.1 Å². The molecule has 1 aliphatic heterocycles. The monoisotopic (exact) mass is 387 g/mol. The number of carbonyl (C=O) groups excluding carboxylic acids is 1. The standard InChI is InChI=1S/C21H29N3O2S/c1-14-10-15(2)13-24(12-14)20(25)17(4)27-21-23-22-19(26-21)11-16(3)18-8-6-5-7-9-18/h5-9,14-17H,10-13H2,1-4H3. The molecule has 0 radical (unpaired) electrons. The van der Waals surface area contributed by atoms with Crippen LogP contribution in [0.15, 0.2) is 40.0 Å². The normalized spacial score (nSPS) is 22.4. The Bertz CT molecular complexity index is 739. The van der Waals surface area contributed by atoms with Crippen molar-refractivity contribution in [3.05, 3.63) is 41.8 Å². The molecule has 1 saturated heterocycles. The Labute approximate surface area is 165 Å². The van der Waals surface area contributed by atoms with Crippen LogP contribution in [0.1, 0.15) is 51.5 Å². The SMILES string of the molecule is CC1CC(C)CN(C(=O)C(C)Sc2nnc(CC(C)c3ccccc3)o2)C1. The Hall–Kier alpha value is -1.82. The van der Waals surface area contributed by atoms with Gasteiger partial charge >= 0.3 is 0 Å². The lowest BCUT2D eigenvalue weighted by molar-refractivity contribution is -0.132. The quantitative estimate of drug-likeness (QED) is 0.688. The maximum atomic E-state index is 12.8. The van der Waals surface area contributed by atoms with Gasteiger partial charge in [-0.3, -0.25) is 4.79 Å². The van der Waals surface area contributed by atoms with Gasteiger partial charge in [-0.1, -0.05) is 62.9 Å². The van der Waals surface area contributed by atoms with Gasteiger partial charge in [-0.15, -0.1) is 10.2 Å². The molecule has 1 aromatic heterocycles. The first-order valence-electron chi connectivity index (χ1n) is 9.75. The van der Waals surface area contributed by atoms with E-state index in [1.54, 1.807) is 0 Å². The topological polar surface area (TPSA) is 59.2 Å². The average Bonchev–Trinajstić information content (AvgIpc) is 3.07. The van der Waals surface area contributed by atoms with Crippen molar-refractivity contribution in [2.45, 2.75) is 56.9 Å². The van der Waals surface area contributed by atoms with Crippen LogP contribution in [0.5, 0.6) is 0 Å². The van der Waals surface area contributed by atoms with E-state index in [4.69, 9.17) is 4.42 Å². The zero-order chi connectivity index (χ0) is 19.4. The Morgan fingerprint density at radius 2 is 1.85 bits per heavy atom. The number of likely N-dealkylation sites (tertiary alicyclic amines) is 1. The first kappa shape index (κ1) is 19.9. The molecule has 0 saturated carbocycles. The molecule has 0 N–H and O–H groups in total. The molecule has 3 rings (SSSR count). The number of carbonyl (C=O) groups is 1. The number of nitrogens with zero attached hydrogens (tertiary/aromatic N) is 3. The van der Waals surface area contributed by atoms with Gasteiger partial charge < -0.3 is 9.32 Å². The van der Waals surface area contributed by atoms with Gasteiger partial charge in [0, 0.05) is 19.5 Å². The first-order valence-corrected chi connectivity index (χ1v) is 10.6. The molecule has 4 atom stereocenters. The summed E-state index contributed by atoms with van der Waals surface area (Å²) in [5, 5.41) is 8.56. The number of aromatic nitrogens is 2. The fourth-order valence-electron chi connectivity index (χ4n) is 3.83. The van der Waals surface area contributed by atoms with Gasteiger partial charge in [0.1, 0.15) is 0 Å².